The van der Waals surface area contributed by atoms with E-state index in [9.17, 15) is 4.79 Å². The Kier molecular flexibility index (Phi) is 5.08. The molecule has 136 valence electrons. The molecular weight excluding hydrogens is 318 g/mol. The van der Waals surface area contributed by atoms with Crippen molar-refractivity contribution in [1.29, 1.82) is 0 Å². The number of carbonyl (C=O) groups is 1. The SMILES string of the molecule is O=C(NCC1Cc2ccccc2O1)N1CCN(CC2CCCO2)CC1. The normalized spacial score (nSPS) is 26.3. The molecule has 4 rings (SSSR count). The molecule has 0 aliphatic carbocycles. The highest BCUT2D eigenvalue weighted by Gasteiger charge is 2.26. The van der Waals surface area contributed by atoms with Crippen molar-refractivity contribution in [3.63, 3.8) is 0 Å². The van der Waals surface area contributed by atoms with Gasteiger partial charge >= 0.3 is 6.03 Å². The van der Waals surface area contributed by atoms with E-state index in [-0.39, 0.29) is 12.1 Å². The van der Waals surface area contributed by atoms with Crippen LogP contribution in [0.1, 0.15) is 18.4 Å². The zero-order valence-electron chi connectivity index (χ0n) is 14.7. The Balaban J connectivity index is 1.17. The fraction of sp³-hybridized carbons (Fsp3) is 0.632. The van der Waals surface area contributed by atoms with Gasteiger partial charge in [-0.25, -0.2) is 4.79 Å². The number of para-hydroxylation sites is 1. The molecular formula is C19H27N3O3. The average molecular weight is 345 g/mol. The van der Waals surface area contributed by atoms with Crippen molar-refractivity contribution in [3.8, 4) is 5.75 Å². The predicted octanol–water partition coefficient (Wildman–Crippen LogP) is 1.50. The maximum Gasteiger partial charge on any atom is 0.317 e. The van der Waals surface area contributed by atoms with Crippen LogP contribution in [0.4, 0.5) is 4.79 Å². The molecule has 2 amide bonds. The van der Waals surface area contributed by atoms with Crippen molar-refractivity contribution < 1.29 is 14.3 Å². The highest BCUT2D eigenvalue weighted by atomic mass is 16.5. The Morgan fingerprint density at radius 1 is 1.16 bits per heavy atom. The topological polar surface area (TPSA) is 54.0 Å². The molecule has 1 aromatic rings. The second kappa shape index (κ2) is 7.62. The highest BCUT2D eigenvalue weighted by molar-refractivity contribution is 5.74. The summed E-state index contributed by atoms with van der Waals surface area (Å²) in [4.78, 5) is 16.7. The minimum atomic E-state index is 0.0244. The van der Waals surface area contributed by atoms with E-state index in [0.717, 1.165) is 51.5 Å². The van der Waals surface area contributed by atoms with Crippen LogP contribution >= 0.6 is 0 Å². The van der Waals surface area contributed by atoms with Crippen LogP contribution in [0.15, 0.2) is 24.3 Å². The molecule has 0 bridgehead atoms. The molecule has 2 atom stereocenters. The van der Waals surface area contributed by atoms with Gasteiger partial charge in [0.25, 0.3) is 0 Å². The summed E-state index contributed by atoms with van der Waals surface area (Å²) in [6.07, 6.45) is 3.65. The number of amides is 2. The van der Waals surface area contributed by atoms with Gasteiger partial charge in [0, 0.05) is 45.8 Å². The first kappa shape index (κ1) is 16.7. The van der Waals surface area contributed by atoms with Gasteiger partial charge < -0.3 is 19.7 Å². The smallest absolute Gasteiger partial charge is 0.317 e. The molecule has 2 unspecified atom stereocenters. The zero-order chi connectivity index (χ0) is 17.1. The average Bonchev–Trinajstić information content (AvgIpc) is 3.29. The van der Waals surface area contributed by atoms with E-state index in [1.54, 1.807) is 0 Å². The molecule has 0 saturated carbocycles. The van der Waals surface area contributed by atoms with Crippen LogP contribution in [-0.2, 0) is 11.2 Å². The van der Waals surface area contributed by atoms with Crippen LogP contribution in [0.2, 0.25) is 0 Å². The number of fused-ring (bicyclic) bond motifs is 1. The third kappa shape index (κ3) is 4.07. The van der Waals surface area contributed by atoms with Gasteiger partial charge in [-0.1, -0.05) is 18.2 Å². The van der Waals surface area contributed by atoms with Crippen molar-refractivity contribution in [3.05, 3.63) is 29.8 Å². The van der Waals surface area contributed by atoms with Crippen molar-refractivity contribution >= 4 is 6.03 Å². The third-order valence-corrected chi connectivity index (χ3v) is 5.34. The Hall–Kier alpha value is -1.79. The molecule has 2 fully saturated rings. The van der Waals surface area contributed by atoms with Gasteiger partial charge in [0.1, 0.15) is 11.9 Å². The number of hydrogen-bond acceptors (Lipinski definition) is 4. The molecule has 3 aliphatic rings. The van der Waals surface area contributed by atoms with Gasteiger partial charge in [-0.3, -0.25) is 4.90 Å². The van der Waals surface area contributed by atoms with E-state index in [0.29, 0.717) is 12.6 Å². The quantitative estimate of drug-likeness (QED) is 0.898. The second-order valence-electron chi connectivity index (χ2n) is 7.16. The Labute approximate surface area is 149 Å². The van der Waals surface area contributed by atoms with Gasteiger partial charge in [-0.15, -0.1) is 0 Å². The number of hydrogen-bond donors (Lipinski definition) is 1. The number of ether oxygens (including phenoxy) is 2. The number of urea groups is 1. The molecule has 0 aromatic heterocycles. The van der Waals surface area contributed by atoms with E-state index in [1.807, 2.05) is 23.1 Å². The molecule has 0 radical (unpaired) electrons. The molecule has 6 heteroatoms. The third-order valence-electron chi connectivity index (χ3n) is 5.34. The van der Waals surface area contributed by atoms with E-state index in [4.69, 9.17) is 9.47 Å². The summed E-state index contributed by atoms with van der Waals surface area (Å²) in [6, 6.07) is 8.11. The number of piperazine rings is 1. The van der Waals surface area contributed by atoms with Crippen molar-refractivity contribution in [2.45, 2.75) is 31.5 Å². The van der Waals surface area contributed by atoms with Gasteiger partial charge in [0.05, 0.1) is 12.6 Å². The number of nitrogens with one attached hydrogen (secondary N) is 1. The van der Waals surface area contributed by atoms with Crippen LogP contribution in [0.3, 0.4) is 0 Å². The van der Waals surface area contributed by atoms with Crippen LogP contribution in [0.5, 0.6) is 5.75 Å². The van der Waals surface area contributed by atoms with E-state index in [2.05, 4.69) is 16.3 Å². The lowest BCUT2D eigenvalue weighted by Crippen LogP contribution is -2.53. The van der Waals surface area contributed by atoms with Gasteiger partial charge in [-0.2, -0.15) is 0 Å². The van der Waals surface area contributed by atoms with Crippen molar-refractivity contribution in [1.82, 2.24) is 15.1 Å². The Morgan fingerprint density at radius 2 is 2.00 bits per heavy atom. The van der Waals surface area contributed by atoms with Crippen LogP contribution < -0.4 is 10.1 Å². The number of nitrogens with zero attached hydrogens (tertiary/aromatic N) is 2. The Morgan fingerprint density at radius 3 is 2.76 bits per heavy atom. The zero-order valence-corrected chi connectivity index (χ0v) is 14.7. The molecule has 1 N–H and O–H groups in total. The molecule has 2 saturated heterocycles. The molecule has 3 heterocycles. The fourth-order valence-electron chi connectivity index (χ4n) is 3.89. The number of carbonyl (C=O) groups excluding carboxylic acids is 1. The van der Waals surface area contributed by atoms with E-state index >= 15 is 0 Å². The van der Waals surface area contributed by atoms with Crippen molar-refractivity contribution in [2.24, 2.45) is 0 Å². The maximum absolute atomic E-state index is 12.4. The van der Waals surface area contributed by atoms with Crippen LogP contribution in [0, 0.1) is 0 Å². The lowest BCUT2D eigenvalue weighted by atomic mass is 10.1. The fourth-order valence-corrected chi connectivity index (χ4v) is 3.89. The summed E-state index contributed by atoms with van der Waals surface area (Å²) in [5.74, 6) is 0.949. The monoisotopic (exact) mass is 345 g/mol. The van der Waals surface area contributed by atoms with Crippen LogP contribution in [-0.4, -0.2) is 73.9 Å². The summed E-state index contributed by atoms with van der Waals surface area (Å²) >= 11 is 0. The minimum Gasteiger partial charge on any atom is -0.488 e. The molecule has 1 aromatic carbocycles. The first-order valence-corrected chi connectivity index (χ1v) is 9.39. The maximum atomic E-state index is 12.4. The standard InChI is InChI=1S/C19H27N3O3/c23-19(20-13-17-12-15-4-1-2-6-18(15)25-17)22-9-7-21(8-10-22)14-16-5-3-11-24-16/h1-2,4,6,16-17H,3,5,7-14H2,(H,20,23). The summed E-state index contributed by atoms with van der Waals surface area (Å²) < 4.78 is 11.6. The summed E-state index contributed by atoms with van der Waals surface area (Å²) in [7, 11) is 0. The number of rotatable bonds is 4. The van der Waals surface area contributed by atoms with Gasteiger partial charge in [0.2, 0.25) is 0 Å². The number of benzene rings is 1. The van der Waals surface area contributed by atoms with Crippen LogP contribution in [0.25, 0.3) is 0 Å². The molecule has 25 heavy (non-hydrogen) atoms. The van der Waals surface area contributed by atoms with Crippen molar-refractivity contribution in [2.75, 3.05) is 45.9 Å². The molecule has 3 aliphatic heterocycles. The minimum absolute atomic E-state index is 0.0244. The lowest BCUT2D eigenvalue weighted by molar-refractivity contribution is 0.0559. The summed E-state index contributed by atoms with van der Waals surface area (Å²) in [5, 5.41) is 3.04. The van der Waals surface area contributed by atoms with Gasteiger partial charge in [-0.05, 0) is 24.5 Å². The van der Waals surface area contributed by atoms with E-state index < -0.39 is 0 Å². The highest BCUT2D eigenvalue weighted by Crippen LogP contribution is 2.27. The summed E-state index contributed by atoms with van der Waals surface area (Å²) in [6.45, 7) is 5.89. The van der Waals surface area contributed by atoms with Gasteiger partial charge in [0.15, 0.2) is 0 Å². The first-order valence-electron chi connectivity index (χ1n) is 9.39. The predicted molar refractivity (Wildman–Crippen MR) is 94.9 cm³/mol. The Bertz CT molecular complexity index is 570. The second-order valence-corrected chi connectivity index (χ2v) is 7.16. The molecule has 6 nitrogen and oxygen atoms in total. The first-order chi connectivity index (χ1) is 12.3. The summed E-state index contributed by atoms with van der Waals surface area (Å²) in [5.41, 5.74) is 1.23. The largest absolute Gasteiger partial charge is 0.488 e. The lowest BCUT2D eigenvalue weighted by Gasteiger charge is -2.35. The van der Waals surface area contributed by atoms with E-state index in [1.165, 1.54) is 18.4 Å². The molecule has 0 spiro atoms.